The van der Waals surface area contributed by atoms with Gasteiger partial charge in [-0.05, 0) is 6.92 Å². The van der Waals surface area contributed by atoms with Crippen molar-refractivity contribution in [2.45, 2.75) is 13.0 Å². The van der Waals surface area contributed by atoms with Crippen LogP contribution in [0.5, 0.6) is 0 Å². The third kappa shape index (κ3) is 3.77. The Balaban J connectivity index is 3.75. The minimum absolute atomic E-state index is 0.263. The SMILES string of the molecule is CNC(=O)[C@H](C)NC(=O)NOC. The van der Waals surface area contributed by atoms with E-state index in [-0.39, 0.29) is 5.91 Å². The largest absolute Gasteiger partial charge is 0.357 e. The van der Waals surface area contributed by atoms with E-state index in [0.717, 1.165) is 0 Å². The summed E-state index contributed by atoms with van der Waals surface area (Å²) in [7, 11) is 2.80. The van der Waals surface area contributed by atoms with E-state index in [9.17, 15) is 9.59 Å². The van der Waals surface area contributed by atoms with Crippen molar-refractivity contribution >= 4 is 11.9 Å². The third-order valence-corrected chi connectivity index (χ3v) is 1.18. The molecular weight excluding hydrogens is 162 g/mol. The predicted molar refractivity (Wildman–Crippen MR) is 42.2 cm³/mol. The molecule has 6 heteroatoms. The van der Waals surface area contributed by atoms with Crippen LogP contribution in [-0.2, 0) is 9.63 Å². The second kappa shape index (κ2) is 5.36. The lowest BCUT2D eigenvalue weighted by Gasteiger charge is -2.11. The summed E-state index contributed by atoms with van der Waals surface area (Å²) in [4.78, 5) is 25.9. The van der Waals surface area contributed by atoms with Gasteiger partial charge in [-0.1, -0.05) is 0 Å². The zero-order valence-electron chi connectivity index (χ0n) is 7.30. The Bertz CT molecular complexity index is 171. The lowest BCUT2D eigenvalue weighted by Crippen LogP contribution is -2.47. The summed E-state index contributed by atoms with van der Waals surface area (Å²) < 4.78 is 0. The molecule has 12 heavy (non-hydrogen) atoms. The van der Waals surface area contributed by atoms with Crippen LogP contribution in [0.2, 0.25) is 0 Å². The van der Waals surface area contributed by atoms with Crippen LogP contribution in [0.15, 0.2) is 0 Å². The molecule has 3 amide bonds. The standard InChI is InChI=1S/C6H13N3O3/c1-4(5(10)7-2)8-6(11)9-12-3/h4H,1-3H3,(H,7,10)(H2,8,9,11)/t4-/m0/s1. The monoisotopic (exact) mass is 175 g/mol. The number of carbonyl (C=O) groups excluding carboxylic acids is 2. The van der Waals surface area contributed by atoms with Crippen molar-refractivity contribution in [1.29, 1.82) is 0 Å². The summed E-state index contributed by atoms with van der Waals surface area (Å²) in [6.45, 7) is 1.56. The molecule has 0 bridgehead atoms. The van der Waals surface area contributed by atoms with Gasteiger partial charge in [-0.3, -0.25) is 9.63 Å². The van der Waals surface area contributed by atoms with Gasteiger partial charge in [0.2, 0.25) is 5.91 Å². The molecule has 1 atom stereocenters. The van der Waals surface area contributed by atoms with Crippen molar-refractivity contribution in [3.8, 4) is 0 Å². The maximum atomic E-state index is 10.9. The maximum Gasteiger partial charge on any atom is 0.339 e. The number of urea groups is 1. The zero-order chi connectivity index (χ0) is 9.56. The highest BCUT2D eigenvalue weighted by atomic mass is 16.6. The second-order valence-electron chi connectivity index (χ2n) is 2.12. The summed E-state index contributed by atoms with van der Waals surface area (Å²) in [6.07, 6.45) is 0. The average Bonchev–Trinajstić information content (AvgIpc) is 2.03. The minimum atomic E-state index is -0.579. The van der Waals surface area contributed by atoms with Crippen LogP contribution in [0, 0.1) is 0 Å². The fourth-order valence-electron chi connectivity index (χ4n) is 0.601. The normalized spacial score (nSPS) is 11.6. The van der Waals surface area contributed by atoms with E-state index in [2.05, 4.69) is 15.5 Å². The molecule has 70 valence electrons. The molecule has 0 saturated carbocycles. The molecule has 0 radical (unpaired) electrons. The van der Waals surface area contributed by atoms with E-state index in [1.54, 1.807) is 6.92 Å². The van der Waals surface area contributed by atoms with E-state index >= 15 is 0 Å². The van der Waals surface area contributed by atoms with Crippen LogP contribution in [0.25, 0.3) is 0 Å². The zero-order valence-corrected chi connectivity index (χ0v) is 7.30. The fraction of sp³-hybridized carbons (Fsp3) is 0.667. The molecule has 0 aromatic rings. The first-order valence-electron chi connectivity index (χ1n) is 3.43. The Morgan fingerprint density at radius 3 is 2.42 bits per heavy atom. The molecule has 0 spiro atoms. The number of hydroxylamine groups is 1. The summed E-state index contributed by atoms with van der Waals surface area (Å²) in [6, 6.07) is -1.13. The lowest BCUT2D eigenvalue weighted by molar-refractivity contribution is -0.122. The first-order chi connectivity index (χ1) is 5.61. The second-order valence-corrected chi connectivity index (χ2v) is 2.12. The Morgan fingerprint density at radius 2 is 2.00 bits per heavy atom. The predicted octanol–water partition coefficient (Wildman–Crippen LogP) is -1.02. The smallest absolute Gasteiger partial charge is 0.339 e. The molecule has 0 aliphatic heterocycles. The molecule has 0 aromatic carbocycles. The van der Waals surface area contributed by atoms with Gasteiger partial charge >= 0.3 is 6.03 Å². The number of rotatable bonds is 3. The molecule has 0 rings (SSSR count). The molecule has 0 heterocycles. The molecule has 0 aromatic heterocycles. The number of amides is 3. The maximum absolute atomic E-state index is 10.9. The number of carbonyl (C=O) groups is 2. The Labute approximate surface area is 70.6 Å². The topological polar surface area (TPSA) is 79.5 Å². The fourth-order valence-corrected chi connectivity index (χ4v) is 0.601. The van der Waals surface area contributed by atoms with Gasteiger partial charge < -0.3 is 10.6 Å². The summed E-state index contributed by atoms with van der Waals surface area (Å²) >= 11 is 0. The van der Waals surface area contributed by atoms with Gasteiger partial charge in [-0.15, -0.1) is 0 Å². The first kappa shape index (κ1) is 10.7. The molecule has 6 nitrogen and oxygen atoms in total. The molecule has 0 fully saturated rings. The first-order valence-corrected chi connectivity index (χ1v) is 3.43. The minimum Gasteiger partial charge on any atom is -0.357 e. The van der Waals surface area contributed by atoms with Crippen LogP contribution in [-0.4, -0.2) is 32.1 Å². The van der Waals surface area contributed by atoms with Gasteiger partial charge in [0.05, 0.1) is 7.11 Å². The van der Waals surface area contributed by atoms with Crippen molar-refractivity contribution in [2.24, 2.45) is 0 Å². The van der Waals surface area contributed by atoms with Gasteiger partial charge in [-0.25, -0.2) is 10.3 Å². The highest BCUT2D eigenvalue weighted by molar-refractivity contribution is 5.86. The van der Waals surface area contributed by atoms with Crippen LogP contribution < -0.4 is 16.1 Å². The van der Waals surface area contributed by atoms with Crippen LogP contribution >= 0.6 is 0 Å². The molecule has 0 unspecified atom stereocenters. The molecule has 3 N–H and O–H groups in total. The van der Waals surface area contributed by atoms with Crippen LogP contribution in [0.1, 0.15) is 6.92 Å². The summed E-state index contributed by atoms with van der Waals surface area (Å²) in [5, 5.41) is 4.73. The number of hydrogen-bond donors (Lipinski definition) is 3. The van der Waals surface area contributed by atoms with Gasteiger partial charge in [0.15, 0.2) is 0 Å². The van der Waals surface area contributed by atoms with E-state index in [1.165, 1.54) is 14.2 Å². The average molecular weight is 175 g/mol. The Hall–Kier alpha value is -1.30. The quantitative estimate of drug-likeness (QED) is 0.480. The van der Waals surface area contributed by atoms with Crippen molar-refractivity contribution < 1.29 is 14.4 Å². The van der Waals surface area contributed by atoms with Crippen molar-refractivity contribution in [1.82, 2.24) is 16.1 Å². The summed E-state index contributed by atoms with van der Waals surface area (Å²) in [5.74, 6) is -0.263. The van der Waals surface area contributed by atoms with Crippen LogP contribution in [0.3, 0.4) is 0 Å². The molecule has 0 saturated heterocycles. The Morgan fingerprint density at radius 1 is 1.42 bits per heavy atom. The van der Waals surface area contributed by atoms with Crippen LogP contribution in [0.4, 0.5) is 4.79 Å². The van der Waals surface area contributed by atoms with Gasteiger partial charge in [0.25, 0.3) is 0 Å². The van der Waals surface area contributed by atoms with Gasteiger partial charge in [0, 0.05) is 7.05 Å². The van der Waals surface area contributed by atoms with Crippen molar-refractivity contribution in [3.63, 3.8) is 0 Å². The number of likely N-dealkylation sites (N-methyl/N-ethyl adjacent to an activating group) is 1. The van der Waals surface area contributed by atoms with E-state index in [1.807, 2.05) is 5.48 Å². The third-order valence-electron chi connectivity index (χ3n) is 1.18. The number of hydrogen-bond acceptors (Lipinski definition) is 3. The number of nitrogens with one attached hydrogen (secondary N) is 3. The Kier molecular flexibility index (Phi) is 4.78. The van der Waals surface area contributed by atoms with E-state index in [4.69, 9.17) is 0 Å². The highest BCUT2D eigenvalue weighted by Crippen LogP contribution is 1.80. The van der Waals surface area contributed by atoms with Crippen molar-refractivity contribution in [3.05, 3.63) is 0 Å². The lowest BCUT2D eigenvalue weighted by atomic mass is 10.3. The molecule has 0 aliphatic rings. The summed E-state index contributed by atoms with van der Waals surface area (Å²) in [5.41, 5.74) is 2.03. The highest BCUT2D eigenvalue weighted by Gasteiger charge is 2.12. The molecule has 0 aliphatic carbocycles. The molecular formula is C6H13N3O3. The van der Waals surface area contributed by atoms with E-state index in [0.29, 0.717) is 0 Å². The van der Waals surface area contributed by atoms with Gasteiger partial charge in [-0.2, -0.15) is 0 Å². The van der Waals surface area contributed by atoms with Gasteiger partial charge in [0.1, 0.15) is 6.04 Å². The van der Waals surface area contributed by atoms with Crippen molar-refractivity contribution in [2.75, 3.05) is 14.2 Å². The van der Waals surface area contributed by atoms with E-state index < -0.39 is 12.1 Å².